The van der Waals surface area contributed by atoms with Gasteiger partial charge in [-0.3, -0.25) is 0 Å². The normalized spacial score (nSPS) is 18.9. The van der Waals surface area contributed by atoms with Gasteiger partial charge in [0.05, 0.1) is 5.38 Å². The topological polar surface area (TPSA) is 0 Å². The summed E-state index contributed by atoms with van der Waals surface area (Å²) in [6.45, 7) is 0. The zero-order valence-electron chi connectivity index (χ0n) is 7.33. The van der Waals surface area contributed by atoms with Crippen molar-refractivity contribution in [2.75, 3.05) is 0 Å². The van der Waals surface area contributed by atoms with Crippen LogP contribution in [0.5, 0.6) is 0 Å². The van der Waals surface area contributed by atoms with Gasteiger partial charge in [0.2, 0.25) is 0 Å². The van der Waals surface area contributed by atoms with Crippen molar-refractivity contribution in [1.29, 1.82) is 0 Å². The molecule has 0 atom stereocenters. The third-order valence-electron chi connectivity index (χ3n) is 2.25. The molecule has 0 amide bonds. The summed E-state index contributed by atoms with van der Waals surface area (Å²) in [6.07, 6.45) is 14.7. The van der Waals surface area contributed by atoms with Gasteiger partial charge in [-0.25, -0.2) is 0 Å². The van der Waals surface area contributed by atoms with Crippen molar-refractivity contribution in [2.24, 2.45) is 0 Å². The molecule has 0 unspecified atom stereocenters. The van der Waals surface area contributed by atoms with Crippen LogP contribution in [0.1, 0.15) is 12.8 Å². The Morgan fingerprint density at radius 1 is 1.00 bits per heavy atom. The number of rotatable bonds is 2. The van der Waals surface area contributed by atoms with Crippen LogP contribution < -0.4 is 0 Å². The second-order valence-corrected chi connectivity index (χ2v) is 3.55. The summed E-state index contributed by atoms with van der Waals surface area (Å²) in [6, 6.07) is 0. The van der Waals surface area contributed by atoms with Crippen LogP contribution >= 0.6 is 11.6 Å². The molecule has 2 rings (SSSR count). The van der Waals surface area contributed by atoms with E-state index in [0.717, 1.165) is 12.8 Å². The number of halogens is 1. The van der Waals surface area contributed by atoms with Gasteiger partial charge in [-0.2, -0.15) is 0 Å². The van der Waals surface area contributed by atoms with E-state index >= 15 is 0 Å². The van der Waals surface area contributed by atoms with E-state index in [9.17, 15) is 0 Å². The summed E-state index contributed by atoms with van der Waals surface area (Å²) in [5.41, 5.74) is 2.65. The molecular weight excluding hydrogens is 215 g/mol. The summed E-state index contributed by atoms with van der Waals surface area (Å²) in [7, 11) is 0. The monoisotopic (exact) mass is 226 g/mol. The Kier molecular flexibility index (Phi) is 4.24. The molecule has 0 aromatic carbocycles. The van der Waals surface area contributed by atoms with Crippen LogP contribution in [0, 0.1) is 0 Å². The fourth-order valence-corrected chi connectivity index (χ4v) is 1.87. The van der Waals surface area contributed by atoms with Crippen LogP contribution in [0.4, 0.5) is 0 Å². The zero-order chi connectivity index (χ0) is 8.39. The van der Waals surface area contributed by atoms with Crippen LogP contribution in [0.15, 0.2) is 47.6 Å². The minimum atomic E-state index is 0. The molecule has 13 heavy (non-hydrogen) atoms. The van der Waals surface area contributed by atoms with Crippen molar-refractivity contribution < 1.29 is 21.7 Å². The molecule has 2 aliphatic carbocycles. The van der Waals surface area contributed by atoms with Gasteiger partial charge in [-0.1, -0.05) is 36.5 Å². The van der Waals surface area contributed by atoms with E-state index in [1.165, 1.54) is 11.1 Å². The third-order valence-corrected chi connectivity index (χ3v) is 2.81. The first-order valence-electron chi connectivity index (χ1n) is 4.23. The van der Waals surface area contributed by atoms with E-state index in [4.69, 9.17) is 11.6 Å². The Balaban J connectivity index is 0.000000845. The van der Waals surface area contributed by atoms with Crippen molar-refractivity contribution >= 4 is 11.6 Å². The first-order chi connectivity index (χ1) is 5.88. The van der Waals surface area contributed by atoms with Crippen LogP contribution in [0.3, 0.4) is 0 Å². The molecule has 0 saturated heterocycles. The molecular formula is C11H11ClTi. The van der Waals surface area contributed by atoms with E-state index in [1.807, 2.05) is 0 Å². The van der Waals surface area contributed by atoms with Crippen molar-refractivity contribution in [1.82, 2.24) is 0 Å². The van der Waals surface area contributed by atoms with E-state index in [1.54, 1.807) is 0 Å². The molecule has 0 N–H and O–H groups in total. The van der Waals surface area contributed by atoms with E-state index in [0.29, 0.717) is 0 Å². The number of alkyl halides is 1. The van der Waals surface area contributed by atoms with Crippen LogP contribution in [0.25, 0.3) is 0 Å². The van der Waals surface area contributed by atoms with Gasteiger partial charge in [0, 0.05) is 21.7 Å². The molecule has 0 fully saturated rings. The Bertz CT molecular complexity index is 267. The SMILES string of the molecule is ClC(C1=CC=CC1)C1=CC=CC1.[Ti]. The molecule has 0 bridgehead atoms. The quantitative estimate of drug-likeness (QED) is 0.500. The molecule has 0 saturated carbocycles. The fourth-order valence-electron chi connectivity index (χ4n) is 1.54. The summed E-state index contributed by atoms with van der Waals surface area (Å²) < 4.78 is 0. The first kappa shape index (κ1) is 11.0. The van der Waals surface area contributed by atoms with Gasteiger partial charge in [0.15, 0.2) is 0 Å². The molecule has 0 aliphatic heterocycles. The minimum Gasteiger partial charge on any atom is -0.113 e. The molecule has 2 aliphatic rings. The summed E-state index contributed by atoms with van der Waals surface area (Å²) in [5.74, 6) is 0. The van der Waals surface area contributed by atoms with Crippen LogP contribution in [-0.4, -0.2) is 5.38 Å². The van der Waals surface area contributed by atoms with Crippen molar-refractivity contribution in [3.63, 3.8) is 0 Å². The van der Waals surface area contributed by atoms with Gasteiger partial charge in [0.25, 0.3) is 0 Å². The number of hydrogen-bond acceptors (Lipinski definition) is 0. The predicted molar refractivity (Wildman–Crippen MR) is 53.3 cm³/mol. The van der Waals surface area contributed by atoms with Gasteiger partial charge >= 0.3 is 0 Å². The number of allylic oxidation sites excluding steroid dienone is 8. The van der Waals surface area contributed by atoms with Crippen molar-refractivity contribution in [2.45, 2.75) is 18.2 Å². The van der Waals surface area contributed by atoms with E-state index in [-0.39, 0.29) is 27.1 Å². The summed E-state index contributed by atoms with van der Waals surface area (Å²) in [4.78, 5) is 0. The molecule has 0 radical (unpaired) electrons. The van der Waals surface area contributed by atoms with E-state index < -0.39 is 0 Å². The predicted octanol–water partition coefficient (Wildman–Crippen LogP) is 3.36. The Hall–Kier alpha value is -0.0357. The zero-order valence-corrected chi connectivity index (χ0v) is 9.65. The minimum absolute atomic E-state index is 0. The molecule has 66 valence electrons. The molecule has 0 aromatic rings. The molecule has 2 heteroatoms. The maximum atomic E-state index is 6.28. The maximum Gasteiger partial charge on any atom is 0.0767 e. The summed E-state index contributed by atoms with van der Waals surface area (Å²) in [5, 5.41) is 0.120. The largest absolute Gasteiger partial charge is 0.113 e. The first-order valence-corrected chi connectivity index (χ1v) is 4.67. The summed E-state index contributed by atoms with van der Waals surface area (Å²) >= 11 is 6.28. The average Bonchev–Trinajstić information content (AvgIpc) is 2.77. The molecule has 0 aromatic heterocycles. The second kappa shape index (κ2) is 5.00. The average molecular weight is 227 g/mol. The van der Waals surface area contributed by atoms with Crippen LogP contribution in [-0.2, 0) is 21.7 Å². The van der Waals surface area contributed by atoms with Crippen molar-refractivity contribution in [3.8, 4) is 0 Å². The van der Waals surface area contributed by atoms with Gasteiger partial charge in [-0.15, -0.1) is 11.6 Å². The molecule has 0 heterocycles. The Morgan fingerprint density at radius 3 is 1.77 bits per heavy atom. The van der Waals surface area contributed by atoms with Gasteiger partial charge in [-0.05, 0) is 24.0 Å². The van der Waals surface area contributed by atoms with Gasteiger partial charge in [0.1, 0.15) is 0 Å². The standard InChI is InChI=1S/C11H11Cl.Ti/c12-11(9-5-1-2-6-9)10-7-3-4-8-10;/h1-5,7,11H,6,8H2;. The third kappa shape index (κ3) is 2.46. The van der Waals surface area contributed by atoms with Crippen LogP contribution in [0.2, 0.25) is 0 Å². The molecule has 0 spiro atoms. The Morgan fingerprint density at radius 2 is 1.46 bits per heavy atom. The van der Waals surface area contributed by atoms with Gasteiger partial charge < -0.3 is 0 Å². The Labute approximate surface area is 98.9 Å². The number of hydrogen-bond donors (Lipinski definition) is 0. The maximum absolute atomic E-state index is 6.28. The smallest absolute Gasteiger partial charge is 0.0767 e. The van der Waals surface area contributed by atoms with Crippen molar-refractivity contribution in [3.05, 3.63) is 47.6 Å². The fraction of sp³-hybridized carbons (Fsp3) is 0.273. The van der Waals surface area contributed by atoms with E-state index in [2.05, 4.69) is 36.5 Å². The second-order valence-electron chi connectivity index (χ2n) is 3.11. The molecule has 0 nitrogen and oxygen atoms in total.